The summed E-state index contributed by atoms with van der Waals surface area (Å²) in [6.07, 6.45) is 0.527. The highest BCUT2D eigenvalue weighted by Crippen LogP contribution is 2.43. The van der Waals surface area contributed by atoms with Gasteiger partial charge in [0.2, 0.25) is 0 Å². The van der Waals surface area contributed by atoms with Crippen molar-refractivity contribution in [3.8, 4) is 0 Å². The highest BCUT2D eigenvalue weighted by Gasteiger charge is 2.55. The molecular weight excluding hydrogens is 359 g/mol. The fourth-order valence-electron chi connectivity index (χ4n) is 4.20. The molecule has 152 valence electrons. The zero-order chi connectivity index (χ0) is 21.1. The Morgan fingerprint density at radius 2 is 1.39 bits per heavy atom. The molecular formula is C21H29BO6. The van der Waals surface area contributed by atoms with Gasteiger partial charge in [0, 0.05) is 12.8 Å². The summed E-state index contributed by atoms with van der Waals surface area (Å²) in [5.41, 5.74) is 2.65. The number of esters is 2. The van der Waals surface area contributed by atoms with Crippen LogP contribution in [-0.4, -0.2) is 44.5 Å². The van der Waals surface area contributed by atoms with Crippen molar-refractivity contribution in [1.29, 1.82) is 0 Å². The Labute approximate surface area is 167 Å². The number of rotatable bonds is 3. The lowest BCUT2D eigenvalue weighted by Gasteiger charge is -2.32. The highest BCUT2D eigenvalue weighted by atomic mass is 16.7. The highest BCUT2D eigenvalue weighted by molar-refractivity contribution is 6.62. The third-order valence-corrected chi connectivity index (χ3v) is 6.71. The van der Waals surface area contributed by atoms with Gasteiger partial charge >= 0.3 is 19.1 Å². The second-order valence-electron chi connectivity index (χ2n) is 8.87. The molecule has 1 aliphatic heterocycles. The first kappa shape index (κ1) is 20.9. The van der Waals surface area contributed by atoms with Gasteiger partial charge in [-0.05, 0) is 69.3 Å². The molecule has 2 aliphatic rings. The predicted molar refractivity (Wildman–Crippen MR) is 106 cm³/mol. The van der Waals surface area contributed by atoms with Crippen molar-refractivity contribution < 1.29 is 28.4 Å². The zero-order valence-electron chi connectivity index (χ0n) is 18.0. The van der Waals surface area contributed by atoms with Gasteiger partial charge in [-0.3, -0.25) is 9.59 Å². The molecule has 0 aromatic heterocycles. The number of carbonyl (C=O) groups is 2. The summed E-state index contributed by atoms with van der Waals surface area (Å²) in [6, 6.07) is 2.04. The smallest absolute Gasteiger partial charge is 0.468 e. The second kappa shape index (κ2) is 6.60. The number of benzene rings is 1. The van der Waals surface area contributed by atoms with Crippen molar-refractivity contribution in [3.05, 3.63) is 28.3 Å². The number of ether oxygens (including phenoxy) is 2. The topological polar surface area (TPSA) is 71.1 Å². The van der Waals surface area contributed by atoms with E-state index < -0.39 is 35.7 Å². The van der Waals surface area contributed by atoms with Crippen LogP contribution in [0.1, 0.15) is 49.9 Å². The molecule has 1 aliphatic carbocycles. The van der Waals surface area contributed by atoms with E-state index in [1.165, 1.54) is 14.2 Å². The van der Waals surface area contributed by atoms with Gasteiger partial charge in [0.15, 0.2) is 5.41 Å². The first-order valence-corrected chi connectivity index (χ1v) is 9.54. The first-order valence-electron chi connectivity index (χ1n) is 9.54. The molecule has 0 radical (unpaired) electrons. The third kappa shape index (κ3) is 2.87. The average Bonchev–Trinajstić information content (AvgIpc) is 3.13. The Bertz CT molecular complexity index is 810. The Morgan fingerprint density at radius 1 is 0.929 bits per heavy atom. The van der Waals surface area contributed by atoms with Gasteiger partial charge in [0.25, 0.3) is 0 Å². The molecule has 3 rings (SSSR count). The zero-order valence-corrected chi connectivity index (χ0v) is 18.0. The van der Waals surface area contributed by atoms with Crippen LogP contribution in [0.25, 0.3) is 0 Å². The van der Waals surface area contributed by atoms with Crippen molar-refractivity contribution in [3.63, 3.8) is 0 Å². The maximum atomic E-state index is 12.6. The summed E-state index contributed by atoms with van der Waals surface area (Å²) in [4.78, 5) is 25.1. The molecule has 28 heavy (non-hydrogen) atoms. The van der Waals surface area contributed by atoms with E-state index in [0.717, 1.165) is 27.7 Å². The maximum Gasteiger partial charge on any atom is 0.495 e. The van der Waals surface area contributed by atoms with E-state index in [2.05, 4.69) is 0 Å². The van der Waals surface area contributed by atoms with E-state index in [0.29, 0.717) is 0 Å². The van der Waals surface area contributed by atoms with Crippen LogP contribution in [0.5, 0.6) is 0 Å². The number of methoxy groups -OCH3 is 2. The van der Waals surface area contributed by atoms with Gasteiger partial charge in [0.1, 0.15) is 0 Å². The minimum absolute atomic E-state index is 0.252. The van der Waals surface area contributed by atoms with Gasteiger partial charge in [0.05, 0.1) is 25.4 Å². The second-order valence-corrected chi connectivity index (χ2v) is 8.87. The largest absolute Gasteiger partial charge is 0.495 e. The van der Waals surface area contributed by atoms with E-state index in [-0.39, 0.29) is 12.8 Å². The van der Waals surface area contributed by atoms with Crippen LogP contribution < -0.4 is 5.46 Å². The fourth-order valence-corrected chi connectivity index (χ4v) is 4.20. The molecule has 0 bridgehead atoms. The number of hydrogen-bond donors (Lipinski definition) is 0. The van der Waals surface area contributed by atoms with Crippen LogP contribution in [0.2, 0.25) is 0 Å². The SMILES string of the molecule is COC(=O)C1(C(=O)OC)Cc2c(C)cc(B3OC(C)(C)C(C)(C)O3)c(C)c2C1. The Morgan fingerprint density at radius 3 is 1.86 bits per heavy atom. The summed E-state index contributed by atoms with van der Waals surface area (Å²) < 4.78 is 22.4. The van der Waals surface area contributed by atoms with Crippen LogP contribution in [0.4, 0.5) is 0 Å². The molecule has 1 aromatic rings. The lowest BCUT2D eigenvalue weighted by atomic mass is 9.73. The molecule has 0 spiro atoms. The van der Waals surface area contributed by atoms with E-state index in [9.17, 15) is 9.59 Å². The van der Waals surface area contributed by atoms with E-state index in [1.807, 2.05) is 47.6 Å². The number of hydrogen-bond acceptors (Lipinski definition) is 6. The van der Waals surface area contributed by atoms with Crippen molar-refractivity contribution >= 4 is 24.5 Å². The molecule has 0 atom stereocenters. The Balaban J connectivity index is 2.07. The van der Waals surface area contributed by atoms with Gasteiger partial charge in [-0.25, -0.2) is 0 Å². The quantitative estimate of drug-likeness (QED) is 0.448. The molecule has 1 heterocycles. The third-order valence-electron chi connectivity index (χ3n) is 6.71. The Kier molecular flexibility index (Phi) is 4.92. The van der Waals surface area contributed by atoms with Crippen LogP contribution in [0.3, 0.4) is 0 Å². The van der Waals surface area contributed by atoms with Gasteiger partial charge < -0.3 is 18.8 Å². The van der Waals surface area contributed by atoms with Crippen LogP contribution >= 0.6 is 0 Å². The van der Waals surface area contributed by atoms with Crippen molar-refractivity contribution in [2.75, 3.05) is 14.2 Å². The predicted octanol–water partition coefficient (Wildman–Crippen LogP) is 2.03. The van der Waals surface area contributed by atoms with Crippen molar-refractivity contribution in [2.24, 2.45) is 5.41 Å². The standard InChI is InChI=1S/C21H29BO6/c1-12-9-16(22-27-19(3,4)20(5,6)28-22)13(2)15-11-21(10-14(12)15,17(23)25-7)18(24)26-8/h9H,10-11H2,1-8H3. The summed E-state index contributed by atoms with van der Waals surface area (Å²) in [7, 11) is 2.09. The number of carbonyl (C=O) groups excluding carboxylic acids is 2. The minimum Gasteiger partial charge on any atom is -0.468 e. The average molecular weight is 388 g/mol. The van der Waals surface area contributed by atoms with Crippen LogP contribution in [0.15, 0.2) is 6.07 Å². The van der Waals surface area contributed by atoms with E-state index in [1.54, 1.807) is 0 Å². The molecule has 0 unspecified atom stereocenters. The molecule has 0 amide bonds. The molecule has 1 aromatic carbocycles. The normalized spacial score (nSPS) is 21.4. The summed E-state index contributed by atoms with van der Waals surface area (Å²) >= 11 is 0. The van der Waals surface area contributed by atoms with E-state index in [4.69, 9.17) is 18.8 Å². The molecule has 6 nitrogen and oxygen atoms in total. The van der Waals surface area contributed by atoms with Crippen molar-refractivity contribution in [2.45, 2.75) is 65.6 Å². The maximum absolute atomic E-state index is 12.6. The van der Waals surface area contributed by atoms with Gasteiger partial charge in [-0.15, -0.1) is 0 Å². The van der Waals surface area contributed by atoms with Crippen molar-refractivity contribution in [1.82, 2.24) is 0 Å². The monoisotopic (exact) mass is 388 g/mol. The fraction of sp³-hybridized carbons (Fsp3) is 0.619. The molecule has 0 saturated carbocycles. The number of aryl methyl sites for hydroxylation is 1. The van der Waals surface area contributed by atoms with Crippen LogP contribution in [0, 0.1) is 19.3 Å². The lowest BCUT2D eigenvalue weighted by Crippen LogP contribution is -2.42. The molecule has 1 saturated heterocycles. The summed E-state index contributed by atoms with van der Waals surface area (Å²) in [6.45, 7) is 12.0. The first-order chi connectivity index (χ1) is 12.9. The molecule has 0 N–H and O–H groups in total. The summed E-state index contributed by atoms with van der Waals surface area (Å²) in [5, 5.41) is 0. The Hall–Kier alpha value is -1.86. The van der Waals surface area contributed by atoms with Crippen LogP contribution in [-0.2, 0) is 41.2 Å². The lowest BCUT2D eigenvalue weighted by molar-refractivity contribution is -0.168. The summed E-state index contributed by atoms with van der Waals surface area (Å²) in [5.74, 6) is -1.13. The molecule has 7 heteroatoms. The van der Waals surface area contributed by atoms with Gasteiger partial charge in [-0.1, -0.05) is 6.07 Å². The molecule has 1 fully saturated rings. The number of fused-ring (bicyclic) bond motifs is 1. The van der Waals surface area contributed by atoms with Gasteiger partial charge in [-0.2, -0.15) is 0 Å². The van der Waals surface area contributed by atoms with E-state index >= 15 is 0 Å². The minimum atomic E-state index is -1.34.